The third kappa shape index (κ3) is 2.49. The van der Waals surface area contributed by atoms with Crippen LogP contribution in [0.5, 0.6) is 0 Å². The molecule has 6 heteroatoms. The average Bonchev–Trinajstić information content (AvgIpc) is 2.81. The molecule has 2 amide bonds. The summed E-state index contributed by atoms with van der Waals surface area (Å²) in [5, 5.41) is 0.296. The Morgan fingerprint density at radius 1 is 1.04 bits per heavy atom. The summed E-state index contributed by atoms with van der Waals surface area (Å²) in [7, 11) is 1.26. The van der Waals surface area contributed by atoms with E-state index in [9.17, 15) is 14.4 Å². The minimum Gasteiger partial charge on any atom is -0.465 e. The van der Waals surface area contributed by atoms with Gasteiger partial charge < -0.3 is 4.74 Å². The largest absolute Gasteiger partial charge is 0.465 e. The Hall–Kier alpha value is -2.66. The molecule has 0 bridgehead atoms. The second-order valence-corrected chi connectivity index (χ2v) is 5.41. The molecule has 0 aliphatic carbocycles. The highest BCUT2D eigenvalue weighted by Gasteiger charge is 2.36. The molecule has 3 rings (SSSR count). The molecule has 2 aromatic carbocycles. The van der Waals surface area contributed by atoms with Gasteiger partial charge in [-0.25, -0.2) is 4.79 Å². The molecule has 5 nitrogen and oxygen atoms in total. The van der Waals surface area contributed by atoms with Gasteiger partial charge in [0.2, 0.25) is 0 Å². The number of methoxy groups -OCH3 is 1. The van der Waals surface area contributed by atoms with Crippen molar-refractivity contribution in [2.45, 2.75) is 6.54 Å². The van der Waals surface area contributed by atoms with Gasteiger partial charge in [-0.2, -0.15) is 0 Å². The second-order valence-electron chi connectivity index (χ2n) is 5.00. The fourth-order valence-corrected chi connectivity index (χ4v) is 2.80. The molecule has 0 spiro atoms. The first-order valence-corrected chi connectivity index (χ1v) is 7.23. The van der Waals surface area contributed by atoms with E-state index in [4.69, 9.17) is 16.3 Å². The van der Waals surface area contributed by atoms with Crippen LogP contribution in [0.4, 0.5) is 0 Å². The molecule has 1 heterocycles. The average molecular weight is 330 g/mol. The van der Waals surface area contributed by atoms with Crippen molar-refractivity contribution in [3.63, 3.8) is 0 Å². The van der Waals surface area contributed by atoms with Crippen LogP contribution in [0.3, 0.4) is 0 Å². The first kappa shape index (κ1) is 15.2. The minimum atomic E-state index is -0.570. The molecule has 0 aromatic heterocycles. The zero-order valence-corrected chi connectivity index (χ0v) is 13.0. The number of benzene rings is 2. The van der Waals surface area contributed by atoms with Gasteiger partial charge in [-0.3, -0.25) is 14.5 Å². The molecule has 0 N–H and O–H groups in total. The van der Waals surface area contributed by atoms with Crippen LogP contribution >= 0.6 is 11.6 Å². The van der Waals surface area contributed by atoms with E-state index in [0.717, 1.165) is 4.90 Å². The van der Waals surface area contributed by atoms with E-state index < -0.39 is 17.8 Å². The summed E-state index contributed by atoms with van der Waals surface area (Å²) in [6.45, 7) is -0.0869. The topological polar surface area (TPSA) is 63.7 Å². The lowest BCUT2D eigenvalue weighted by Crippen LogP contribution is -2.30. The lowest BCUT2D eigenvalue weighted by molar-refractivity contribution is 0.0583. The normalized spacial score (nSPS) is 13.2. The lowest BCUT2D eigenvalue weighted by Gasteiger charge is -2.17. The molecule has 0 unspecified atom stereocenters. The van der Waals surface area contributed by atoms with E-state index in [0.29, 0.717) is 21.7 Å². The first-order chi connectivity index (χ1) is 11.0. The molecule has 0 fully saturated rings. The van der Waals surface area contributed by atoms with Gasteiger partial charge in [-0.15, -0.1) is 0 Å². The number of ether oxygens (including phenoxy) is 1. The monoisotopic (exact) mass is 329 g/mol. The third-order valence-electron chi connectivity index (χ3n) is 3.72. The summed E-state index contributed by atoms with van der Waals surface area (Å²) in [4.78, 5) is 37.8. The summed E-state index contributed by atoms with van der Waals surface area (Å²) in [6, 6.07) is 11.4. The van der Waals surface area contributed by atoms with Crippen LogP contribution < -0.4 is 0 Å². The third-order valence-corrected chi connectivity index (χ3v) is 4.07. The fourth-order valence-electron chi connectivity index (χ4n) is 2.56. The van der Waals surface area contributed by atoms with Crippen molar-refractivity contribution in [2.75, 3.05) is 7.11 Å². The molecule has 0 saturated heterocycles. The lowest BCUT2D eigenvalue weighted by atomic mass is 10.1. The Morgan fingerprint density at radius 2 is 1.65 bits per heavy atom. The van der Waals surface area contributed by atoms with Crippen molar-refractivity contribution in [3.8, 4) is 0 Å². The maximum Gasteiger partial charge on any atom is 0.338 e. The number of carbonyl (C=O) groups is 3. The van der Waals surface area contributed by atoms with Crippen LogP contribution in [0.25, 0.3) is 0 Å². The Balaban J connectivity index is 2.00. The van der Waals surface area contributed by atoms with Crippen LogP contribution in [0.1, 0.15) is 36.6 Å². The van der Waals surface area contributed by atoms with Gasteiger partial charge in [0.1, 0.15) is 0 Å². The van der Waals surface area contributed by atoms with E-state index in [1.54, 1.807) is 42.5 Å². The Morgan fingerprint density at radius 3 is 2.22 bits per heavy atom. The van der Waals surface area contributed by atoms with Gasteiger partial charge in [0.15, 0.2) is 0 Å². The highest BCUT2D eigenvalue weighted by molar-refractivity contribution is 6.32. The van der Waals surface area contributed by atoms with Crippen molar-refractivity contribution in [1.29, 1.82) is 0 Å². The fraction of sp³-hybridized carbons (Fsp3) is 0.118. The number of esters is 1. The number of halogens is 1. The first-order valence-electron chi connectivity index (χ1n) is 6.85. The summed E-state index contributed by atoms with van der Waals surface area (Å²) >= 11 is 6.16. The molecule has 0 radical (unpaired) electrons. The number of carbonyl (C=O) groups excluding carboxylic acids is 3. The van der Waals surface area contributed by atoms with Crippen LogP contribution in [0, 0.1) is 0 Å². The molecule has 116 valence electrons. The van der Waals surface area contributed by atoms with E-state index in [1.807, 2.05) is 0 Å². The van der Waals surface area contributed by atoms with E-state index in [2.05, 4.69) is 0 Å². The highest BCUT2D eigenvalue weighted by atomic mass is 35.5. The number of rotatable bonds is 3. The second kappa shape index (κ2) is 5.85. The smallest absolute Gasteiger partial charge is 0.338 e. The quantitative estimate of drug-likeness (QED) is 0.641. The molecule has 0 atom stereocenters. The Kier molecular flexibility index (Phi) is 3.88. The van der Waals surface area contributed by atoms with Gasteiger partial charge in [-0.1, -0.05) is 29.8 Å². The van der Waals surface area contributed by atoms with Gasteiger partial charge in [0, 0.05) is 10.6 Å². The van der Waals surface area contributed by atoms with Crippen molar-refractivity contribution in [2.24, 2.45) is 0 Å². The zero-order chi connectivity index (χ0) is 16.6. The molecular weight excluding hydrogens is 318 g/mol. The Labute approximate surface area is 137 Å². The SMILES string of the molecule is COC(=O)c1cccc(Cl)c1CN1C(=O)c2ccccc2C1=O. The van der Waals surface area contributed by atoms with E-state index in [-0.39, 0.29) is 12.1 Å². The summed E-state index contributed by atoms with van der Waals surface area (Å²) in [6.07, 6.45) is 0. The Bertz CT molecular complexity index is 796. The van der Waals surface area contributed by atoms with Crippen LogP contribution in [0.15, 0.2) is 42.5 Å². The van der Waals surface area contributed by atoms with Gasteiger partial charge in [0.05, 0.1) is 30.3 Å². The van der Waals surface area contributed by atoms with Crippen molar-refractivity contribution < 1.29 is 19.1 Å². The van der Waals surface area contributed by atoms with E-state index >= 15 is 0 Å². The minimum absolute atomic E-state index is 0.0869. The van der Waals surface area contributed by atoms with Gasteiger partial charge in [0.25, 0.3) is 11.8 Å². The molecule has 1 aliphatic rings. The van der Waals surface area contributed by atoms with Crippen molar-refractivity contribution in [3.05, 3.63) is 69.7 Å². The number of amides is 2. The van der Waals surface area contributed by atoms with Gasteiger partial charge in [-0.05, 0) is 24.3 Å². The van der Waals surface area contributed by atoms with Crippen LogP contribution in [-0.4, -0.2) is 29.8 Å². The molecule has 2 aromatic rings. The standard InChI is InChI=1S/C17H12ClNO4/c1-23-17(22)12-7-4-8-14(18)13(12)9-19-15(20)10-5-2-3-6-11(10)16(19)21/h2-8H,9H2,1H3. The molecule has 1 aliphatic heterocycles. The highest BCUT2D eigenvalue weighted by Crippen LogP contribution is 2.28. The predicted octanol–water partition coefficient (Wildman–Crippen LogP) is 2.92. The van der Waals surface area contributed by atoms with Crippen molar-refractivity contribution in [1.82, 2.24) is 4.90 Å². The van der Waals surface area contributed by atoms with Crippen LogP contribution in [0.2, 0.25) is 5.02 Å². The molecule has 0 saturated carbocycles. The summed E-state index contributed by atoms with van der Waals surface area (Å²) in [5.74, 6) is -1.37. The van der Waals surface area contributed by atoms with E-state index in [1.165, 1.54) is 7.11 Å². The molecular formula is C17H12ClNO4. The number of nitrogens with zero attached hydrogens (tertiary/aromatic N) is 1. The predicted molar refractivity (Wildman–Crippen MR) is 83.4 cm³/mol. The summed E-state index contributed by atoms with van der Waals surface area (Å²) < 4.78 is 4.73. The number of hydrogen-bond acceptors (Lipinski definition) is 4. The van der Waals surface area contributed by atoms with Gasteiger partial charge >= 0.3 is 5.97 Å². The maximum absolute atomic E-state index is 12.4. The van der Waals surface area contributed by atoms with Crippen LogP contribution in [-0.2, 0) is 11.3 Å². The number of imide groups is 1. The summed E-state index contributed by atoms with van der Waals surface area (Å²) in [5.41, 5.74) is 1.32. The number of hydrogen-bond donors (Lipinski definition) is 0. The molecule has 23 heavy (non-hydrogen) atoms. The van der Waals surface area contributed by atoms with Crippen molar-refractivity contribution >= 4 is 29.4 Å². The maximum atomic E-state index is 12.4. The number of fused-ring (bicyclic) bond motifs is 1. The zero-order valence-electron chi connectivity index (χ0n) is 12.2.